The Balaban J connectivity index is 1.87. The lowest BCUT2D eigenvalue weighted by molar-refractivity contribution is -0.119. The van der Waals surface area contributed by atoms with Crippen LogP contribution in [0, 0.1) is 5.92 Å². The van der Waals surface area contributed by atoms with Crippen molar-refractivity contribution in [3.8, 4) is 11.3 Å². The molecule has 0 bridgehead atoms. The molecule has 1 aromatic carbocycles. The van der Waals surface area contributed by atoms with E-state index in [1.807, 2.05) is 62.4 Å². The predicted molar refractivity (Wildman–Crippen MR) is 112 cm³/mol. The van der Waals surface area contributed by atoms with E-state index in [0.717, 1.165) is 23.4 Å². The summed E-state index contributed by atoms with van der Waals surface area (Å²) in [4.78, 5) is 28.4. The molecule has 0 spiro atoms. The van der Waals surface area contributed by atoms with Crippen molar-refractivity contribution in [1.29, 1.82) is 0 Å². The molecular weight excluding hydrogens is 369 g/mol. The first-order valence-corrected chi connectivity index (χ1v) is 9.49. The maximum absolute atomic E-state index is 12.0. The average Bonchev–Trinajstić information content (AvgIpc) is 2.70. The van der Waals surface area contributed by atoms with Gasteiger partial charge in [-0.3, -0.25) is 14.6 Å². The number of amides is 2. The Kier molecular flexibility index (Phi) is 8.57. The van der Waals surface area contributed by atoms with Crippen molar-refractivity contribution >= 4 is 18.9 Å². The highest BCUT2D eigenvalue weighted by atomic mass is 16.4. The Morgan fingerprint density at radius 2 is 1.72 bits per heavy atom. The Bertz CT molecular complexity index is 841. The molecule has 29 heavy (non-hydrogen) atoms. The number of rotatable bonds is 9. The number of hydrogen-bond donors (Lipinski definition) is 4. The minimum Gasteiger partial charge on any atom is -0.426 e. The molecule has 2 rings (SSSR count). The lowest BCUT2D eigenvalue weighted by atomic mass is 9.75. The molecular formula is C21H26BN3O4. The molecule has 7 nitrogen and oxygen atoms in total. The SMILES string of the molecule is CC(C)CC(NC(=O)C=CC(=O)NCc1cccc(-c2ccccc2)n1)B(O)O. The number of carbonyl (C=O) groups is 2. The maximum Gasteiger partial charge on any atom is 0.475 e. The minimum absolute atomic E-state index is 0.175. The van der Waals surface area contributed by atoms with Crippen LogP contribution in [0.5, 0.6) is 0 Å². The normalized spacial score (nSPS) is 12.0. The molecule has 4 N–H and O–H groups in total. The van der Waals surface area contributed by atoms with E-state index in [0.29, 0.717) is 12.1 Å². The summed E-state index contributed by atoms with van der Waals surface area (Å²) in [6.45, 7) is 4.04. The minimum atomic E-state index is -1.66. The highest BCUT2D eigenvalue weighted by molar-refractivity contribution is 6.43. The second-order valence-electron chi connectivity index (χ2n) is 7.09. The van der Waals surface area contributed by atoms with E-state index in [9.17, 15) is 19.6 Å². The molecule has 0 aliphatic rings. The van der Waals surface area contributed by atoms with Gasteiger partial charge in [-0.1, -0.05) is 50.2 Å². The largest absolute Gasteiger partial charge is 0.475 e. The van der Waals surface area contributed by atoms with Gasteiger partial charge in [-0.15, -0.1) is 0 Å². The molecule has 8 heteroatoms. The van der Waals surface area contributed by atoms with Gasteiger partial charge < -0.3 is 20.7 Å². The number of nitrogens with one attached hydrogen (secondary N) is 2. The van der Waals surface area contributed by atoms with Gasteiger partial charge in [0.05, 0.1) is 23.9 Å². The van der Waals surface area contributed by atoms with Crippen LogP contribution in [0.25, 0.3) is 11.3 Å². The van der Waals surface area contributed by atoms with Crippen LogP contribution in [-0.2, 0) is 16.1 Å². The van der Waals surface area contributed by atoms with Crippen molar-refractivity contribution in [3.63, 3.8) is 0 Å². The number of aromatic nitrogens is 1. The third kappa shape index (κ3) is 7.89. The second-order valence-corrected chi connectivity index (χ2v) is 7.09. The Hall–Kier alpha value is -2.97. The summed E-state index contributed by atoms with van der Waals surface area (Å²) in [7, 11) is -1.66. The Morgan fingerprint density at radius 3 is 2.38 bits per heavy atom. The van der Waals surface area contributed by atoms with Crippen molar-refractivity contribution < 1.29 is 19.6 Å². The van der Waals surface area contributed by atoms with Gasteiger partial charge in [-0.2, -0.15) is 0 Å². The first kappa shape index (κ1) is 22.3. The number of hydrogen-bond acceptors (Lipinski definition) is 5. The Morgan fingerprint density at radius 1 is 1.03 bits per heavy atom. The van der Waals surface area contributed by atoms with E-state index in [-0.39, 0.29) is 12.5 Å². The number of benzene rings is 1. The molecule has 1 aromatic heterocycles. The van der Waals surface area contributed by atoms with Gasteiger partial charge in [0.25, 0.3) is 0 Å². The molecule has 1 heterocycles. The first-order valence-electron chi connectivity index (χ1n) is 9.49. The second kappa shape index (κ2) is 11.1. The molecule has 152 valence electrons. The van der Waals surface area contributed by atoms with E-state index in [1.54, 1.807) is 0 Å². The van der Waals surface area contributed by atoms with Crippen LogP contribution in [0.4, 0.5) is 0 Å². The van der Waals surface area contributed by atoms with Gasteiger partial charge in [0.1, 0.15) is 0 Å². The molecule has 2 aromatic rings. The summed E-state index contributed by atoms with van der Waals surface area (Å²) in [5, 5.41) is 23.8. The molecule has 0 radical (unpaired) electrons. The zero-order valence-electron chi connectivity index (χ0n) is 16.6. The summed E-state index contributed by atoms with van der Waals surface area (Å²) in [5.41, 5.74) is 2.49. The summed E-state index contributed by atoms with van der Waals surface area (Å²) in [6.07, 6.45) is 2.58. The van der Waals surface area contributed by atoms with Gasteiger partial charge in [-0.05, 0) is 24.5 Å². The fraction of sp³-hybridized carbons (Fsp3) is 0.286. The highest BCUT2D eigenvalue weighted by Crippen LogP contribution is 2.16. The van der Waals surface area contributed by atoms with Crippen molar-refractivity contribution in [3.05, 3.63) is 66.4 Å². The van der Waals surface area contributed by atoms with Gasteiger partial charge in [0.15, 0.2) is 0 Å². The standard InChI is InChI=1S/C21H26BN3O4/c1-15(2)13-19(22(28)29)25-21(27)12-11-20(26)23-14-17-9-6-10-18(24-17)16-7-4-3-5-8-16/h3-12,15,19,28-29H,13-14H2,1-2H3,(H,23,26)(H,25,27). The monoisotopic (exact) mass is 395 g/mol. The fourth-order valence-corrected chi connectivity index (χ4v) is 2.73. The van der Waals surface area contributed by atoms with Crippen molar-refractivity contribution in [1.82, 2.24) is 15.6 Å². The zero-order chi connectivity index (χ0) is 21.2. The summed E-state index contributed by atoms with van der Waals surface area (Å²) in [6, 6.07) is 15.3. The Labute approximate surface area is 171 Å². The van der Waals surface area contributed by atoms with Crippen LogP contribution in [0.15, 0.2) is 60.7 Å². The van der Waals surface area contributed by atoms with Crippen LogP contribution >= 0.6 is 0 Å². The van der Waals surface area contributed by atoms with Crippen molar-refractivity contribution in [2.24, 2.45) is 5.92 Å². The van der Waals surface area contributed by atoms with Crippen LogP contribution in [0.2, 0.25) is 0 Å². The van der Waals surface area contributed by atoms with E-state index in [1.165, 1.54) is 0 Å². The van der Waals surface area contributed by atoms with Crippen LogP contribution in [0.3, 0.4) is 0 Å². The van der Waals surface area contributed by atoms with E-state index >= 15 is 0 Å². The molecule has 1 unspecified atom stereocenters. The molecule has 0 aliphatic carbocycles. The van der Waals surface area contributed by atoms with Gasteiger partial charge in [0.2, 0.25) is 11.8 Å². The van der Waals surface area contributed by atoms with E-state index in [2.05, 4.69) is 15.6 Å². The smallest absolute Gasteiger partial charge is 0.426 e. The lowest BCUT2D eigenvalue weighted by Crippen LogP contribution is -2.46. The first-order chi connectivity index (χ1) is 13.8. The summed E-state index contributed by atoms with van der Waals surface area (Å²) >= 11 is 0. The molecule has 0 saturated carbocycles. The lowest BCUT2D eigenvalue weighted by Gasteiger charge is -2.18. The number of pyridine rings is 1. The van der Waals surface area contributed by atoms with E-state index < -0.39 is 24.9 Å². The van der Waals surface area contributed by atoms with Gasteiger partial charge >= 0.3 is 7.12 Å². The topological polar surface area (TPSA) is 112 Å². The zero-order valence-corrected chi connectivity index (χ0v) is 16.6. The quantitative estimate of drug-likeness (QED) is 0.380. The van der Waals surface area contributed by atoms with Crippen molar-refractivity contribution in [2.45, 2.75) is 32.8 Å². The van der Waals surface area contributed by atoms with Crippen LogP contribution in [0.1, 0.15) is 26.0 Å². The maximum atomic E-state index is 12.0. The van der Waals surface area contributed by atoms with Gasteiger partial charge in [-0.25, -0.2) is 0 Å². The predicted octanol–water partition coefficient (Wildman–Crippen LogP) is 1.46. The molecule has 0 saturated heterocycles. The fourth-order valence-electron chi connectivity index (χ4n) is 2.73. The van der Waals surface area contributed by atoms with Crippen LogP contribution in [-0.4, -0.2) is 39.9 Å². The average molecular weight is 395 g/mol. The van der Waals surface area contributed by atoms with Gasteiger partial charge in [0, 0.05) is 17.7 Å². The van der Waals surface area contributed by atoms with Crippen molar-refractivity contribution in [2.75, 3.05) is 0 Å². The number of carbonyl (C=O) groups excluding carboxylic acids is 2. The molecule has 0 aliphatic heterocycles. The van der Waals surface area contributed by atoms with Crippen LogP contribution < -0.4 is 10.6 Å². The summed E-state index contributed by atoms with van der Waals surface area (Å²) in [5.74, 6) is -1.63. The third-order valence-electron chi connectivity index (χ3n) is 4.12. The molecule has 0 fully saturated rings. The summed E-state index contributed by atoms with van der Waals surface area (Å²) < 4.78 is 0. The molecule has 2 amide bonds. The van der Waals surface area contributed by atoms with E-state index in [4.69, 9.17) is 0 Å². The highest BCUT2D eigenvalue weighted by Gasteiger charge is 2.25. The number of nitrogens with zero attached hydrogens (tertiary/aromatic N) is 1. The molecule has 1 atom stereocenters. The third-order valence-corrected chi connectivity index (χ3v) is 4.12.